The standard InChI is InChI=1S/C20H29N3O3/c24-19(18-2-1-12-26-18)23-9-5-20(6-10-23)15-22(11-13-25-16-20)14-17-3-7-21-8-4-17/h3-4,7-8,18H,1-2,5-6,9-16H2. The molecule has 1 spiro atoms. The van der Waals surface area contributed by atoms with Crippen LogP contribution in [0.15, 0.2) is 24.5 Å². The zero-order valence-electron chi connectivity index (χ0n) is 15.4. The molecular formula is C20H29N3O3. The van der Waals surface area contributed by atoms with Crippen LogP contribution in [0.2, 0.25) is 0 Å². The molecule has 3 fully saturated rings. The molecule has 0 N–H and O–H groups in total. The van der Waals surface area contributed by atoms with Crippen LogP contribution in [0.1, 0.15) is 31.2 Å². The van der Waals surface area contributed by atoms with E-state index in [1.165, 1.54) is 5.56 Å². The number of hydrogen-bond donors (Lipinski definition) is 0. The van der Waals surface area contributed by atoms with Crippen molar-refractivity contribution in [3.05, 3.63) is 30.1 Å². The molecule has 3 aliphatic heterocycles. The maximum absolute atomic E-state index is 12.6. The van der Waals surface area contributed by atoms with Crippen molar-refractivity contribution in [2.24, 2.45) is 5.41 Å². The lowest BCUT2D eigenvalue weighted by Crippen LogP contribution is -2.50. The Bertz CT molecular complexity index is 596. The minimum Gasteiger partial charge on any atom is -0.379 e. The summed E-state index contributed by atoms with van der Waals surface area (Å²) in [6, 6.07) is 4.17. The molecule has 142 valence electrons. The van der Waals surface area contributed by atoms with E-state index >= 15 is 0 Å². The number of nitrogens with zero attached hydrogens (tertiary/aromatic N) is 3. The van der Waals surface area contributed by atoms with Crippen molar-refractivity contribution >= 4 is 5.91 Å². The van der Waals surface area contributed by atoms with Gasteiger partial charge in [0.25, 0.3) is 5.91 Å². The number of ether oxygens (including phenoxy) is 2. The Balaban J connectivity index is 1.36. The fraction of sp³-hybridized carbons (Fsp3) is 0.700. The van der Waals surface area contributed by atoms with E-state index in [4.69, 9.17) is 9.47 Å². The summed E-state index contributed by atoms with van der Waals surface area (Å²) in [6.07, 6.45) is 7.42. The maximum Gasteiger partial charge on any atom is 0.251 e. The molecule has 1 unspecified atom stereocenters. The first kappa shape index (κ1) is 17.9. The second-order valence-corrected chi connectivity index (χ2v) is 7.95. The van der Waals surface area contributed by atoms with Crippen molar-refractivity contribution in [2.45, 2.75) is 38.3 Å². The highest BCUT2D eigenvalue weighted by atomic mass is 16.5. The molecule has 0 radical (unpaired) electrons. The third-order valence-corrected chi connectivity index (χ3v) is 6.02. The summed E-state index contributed by atoms with van der Waals surface area (Å²) in [5.74, 6) is 0.195. The van der Waals surface area contributed by atoms with Crippen LogP contribution in [-0.4, -0.2) is 72.8 Å². The smallest absolute Gasteiger partial charge is 0.251 e. The summed E-state index contributed by atoms with van der Waals surface area (Å²) < 4.78 is 11.5. The molecule has 3 saturated heterocycles. The van der Waals surface area contributed by atoms with Crippen LogP contribution in [0.25, 0.3) is 0 Å². The van der Waals surface area contributed by atoms with Gasteiger partial charge >= 0.3 is 0 Å². The lowest BCUT2D eigenvalue weighted by atomic mass is 9.78. The normalized spacial score (nSPS) is 26.8. The molecule has 1 aromatic rings. The number of pyridine rings is 1. The SMILES string of the molecule is O=C(C1CCCO1)N1CCC2(CC1)COCCN(Cc1ccncc1)C2. The molecule has 4 rings (SSSR count). The van der Waals surface area contributed by atoms with Crippen molar-refractivity contribution in [3.63, 3.8) is 0 Å². The average Bonchev–Trinajstić information content (AvgIpc) is 3.14. The van der Waals surface area contributed by atoms with E-state index in [2.05, 4.69) is 22.0 Å². The number of carbonyl (C=O) groups is 1. The van der Waals surface area contributed by atoms with E-state index in [0.717, 1.165) is 78.2 Å². The van der Waals surface area contributed by atoms with Gasteiger partial charge in [0, 0.05) is 57.1 Å². The van der Waals surface area contributed by atoms with E-state index in [9.17, 15) is 4.79 Å². The van der Waals surface area contributed by atoms with Crippen molar-refractivity contribution in [2.75, 3.05) is 46.0 Å². The monoisotopic (exact) mass is 359 g/mol. The van der Waals surface area contributed by atoms with E-state index in [1.54, 1.807) is 0 Å². The number of aromatic nitrogens is 1. The first-order valence-corrected chi connectivity index (χ1v) is 9.84. The van der Waals surface area contributed by atoms with Crippen molar-refractivity contribution in [1.29, 1.82) is 0 Å². The summed E-state index contributed by atoms with van der Waals surface area (Å²) in [5.41, 5.74) is 1.46. The van der Waals surface area contributed by atoms with Crippen LogP contribution >= 0.6 is 0 Å². The summed E-state index contributed by atoms with van der Waals surface area (Å²) in [7, 11) is 0. The predicted octanol–water partition coefficient (Wildman–Crippen LogP) is 1.70. The summed E-state index contributed by atoms with van der Waals surface area (Å²) in [6.45, 7) is 6.90. The van der Waals surface area contributed by atoms with Crippen molar-refractivity contribution < 1.29 is 14.3 Å². The second-order valence-electron chi connectivity index (χ2n) is 7.95. The topological polar surface area (TPSA) is 54.9 Å². The Morgan fingerprint density at radius 2 is 2.00 bits per heavy atom. The zero-order valence-corrected chi connectivity index (χ0v) is 15.4. The average molecular weight is 359 g/mol. The van der Waals surface area contributed by atoms with Gasteiger partial charge in [-0.25, -0.2) is 0 Å². The first-order valence-electron chi connectivity index (χ1n) is 9.84. The predicted molar refractivity (Wildman–Crippen MR) is 97.6 cm³/mol. The molecule has 4 heterocycles. The molecule has 1 aromatic heterocycles. The van der Waals surface area contributed by atoms with Crippen LogP contribution in [0.5, 0.6) is 0 Å². The third kappa shape index (κ3) is 4.08. The Morgan fingerprint density at radius 3 is 2.73 bits per heavy atom. The van der Waals surface area contributed by atoms with Gasteiger partial charge in [0.1, 0.15) is 6.10 Å². The lowest BCUT2D eigenvalue weighted by molar-refractivity contribution is -0.144. The molecule has 6 heteroatoms. The number of hydrogen-bond acceptors (Lipinski definition) is 5. The molecule has 3 aliphatic rings. The number of likely N-dealkylation sites (tertiary alicyclic amines) is 1. The fourth-order valence-corrected chi connectivity index (χ4v) is 4.44. The van der Waals surface area contributed by atoms with Crippen LogP contribution in [-0.2, 0) is 20.8 Å². The first-order chi connectivity index (χ1) is 12.7. The van der Waals surface area contributed by atoms with Gasteiger partial charge in [-0.15, -0.1) is 0 Å². The van der Waals surface area contributed by atoms with Crippen molar-refractivity contribution in [1.82, 2.24) is 14.8 Å². The second kappa shape index (κ2) is 8.03. The molecule has 0 aromatic carbocycles. The van der Waals surface area contributed by atoms with Gasteiger partial charge in [0.2, 0.25) is 0 Å². The number of rotatable bonds is 3. The molecule has 0 saturated carbocycles. The minimum atomic E-state index is -0.197. The molecule has 1 amide bonds. The Morgan fingerprint density at radius 1 is 1.19 bits per heavy atom. The van der Waals surface area contributed by atoms with Gasteiger partial charge in [0.15, 0.2) is 0 Å². The molecule has 0 aliphatic carbocycles. The lowest BCUT2D eigenvalue weighted by Gasteiger charge is -2.43. The van der Waals surface area contributed by atoms with E-state index < -0.39 is 0 Å². The van der Waals surface area contributed by atoms with Crippen LogP contribution in [0.3, 0.4) is 0 Å². The zero-order chi connectivity index (χ0) is 17.8. The quantitative estimate of drug-likeness (QED) is 0.822. The summed E-state index contributed by atoms with van der Waals surface area (Å²) in [4.78, 5) is 21.2. The van der Waals surface area contributed by atoms with Gasteiger partial charge in [-0.3, -0.25) is 14.7 Å². The highest BCUT2D eigenvalue weighted by molar-refractivity contribution is 5.81. The maximum atomic E-state index is 12.6. The number of amides is 1. The molecule has 0 bridgehead atoms. The van der Waals surface area contributed by atoms with E-state index in [0.29, 0.717) is 0 Å². The van der Waals surface area contributed by atoms with Crippen molar-refractivity contribution in [3.8, 4) is 0 Å². The van der Waals surface area contributed by atoms with Crippen LogP contribution in [0.4, 0.5) is 0 Å². The number of piperidine rings is 1. The van der Waals surface area contributed by atoms with E-state index in [-0.39, 0.29) is 17.4 Å². The third-order valence-electron chi connectivity index (χ3n) is 6.02. The van der Waals surface area contributed by atoms with E-state index in [1.807, 2.05) is 17.3 Å². The molecular weight excluding hydrogens is 330 g/mol. The van der Waals surface area contributed by atoms with Gasteiger partial charge in [-0.1, -0.05) is 0 Å². The molecule has 6 nitrogen and oxygen atoms in total. The van der Waals surface area contributed by atoms with Crippen LogP contribution in [0, 0.1) is 5.41 Å². The van der Waals surface area contributed by atoms with Crippen LogP contribution < -0.4 is 0 Å². The number of carbonyl (C=O) groups excluding carboxylic acids is 1. The Labute approximate surface area is 155 Å². The highest BCUT2D eigenvalue weighted by Gasteiger charge is 2.40. The molecule has 1 atom stereocenters. The minimum absolute atomic E-state index is 0.164. The van der Waals surface area contributed by atoms with Gasteiger partial charge < -0.3 is 14.4 Å². The van der Waals surface area contributed by atoms with Gasteiger partial charge in [0.05, 0.1) is 13.2 Å². The highest BCUT2D eigenvalue weighted by Crippen LogP contribution is 2.35. The van der Waals surface area contributed by atoms with Gasteiger partial charge in [-0.05, 0) is 43.4 Å². The summed E-state index contributed by atoms with van der Waals surface area (Å²) in [5, 5.41) is 0. The molecule has 26 heavy (non-hydrogen) atoms. The largest absolute Gasteiger partial charge is 0.379 e. The fourth-order valence-electron chi connectivity index (χ4n) is 4.44. The Kier molecular flexibility index (Phi) is 5.52. The summed E-state index contributed by atoms with van der Waals surface area (Å²) >= 11 is 0. The Hall–Kier alpha value is -1.50. The van der Waals surface area contributed by atoms with Gasteiger partial charge in [-0.2, -0.15) is 0 Å².